The molecule has 1 aromatic carbocycles. The molecule has 0 saturated carbocycles. The van der Waals surface area contributed by atoms with Crippen molar-refractivity contribution in [3.05, 3.63) is 24.3 Å². The van der Waals surface area contributed by atoms with E-state index in [0.717, 1.165) is 37.3 Å². The summed E-state index contributed by atoms with van der Waals surface area (Å²) in [5, 5.41) is 3.05. The number of nitrogens with zero attached hydrogens (tertiary/aromatic N) is 2. The van der Waals surface area contributed by atoms with Gasteiger partial charge in [0.15, 0.2) is 0 Å². The predicted octanol–water partition coefficient (Wildman–Crippen LogP) is 3.86. The Morgan fingerprint density at radius 3 is 2.71 bits per heavy atom. The van der Waals surface area contributed by atoms with Gasteiger partial charge in [0.25, 0.3) is 0 Å². The molecule has 0 spiro atoms. The summed E-state index contributed by atoms with van der Waals surface area (Å²) in [6.07, 6.45) is 4.85. The summed E-state index contributed by atoms with van der Waals surface area (Å²) < 4.78 is 0. The van der Waals surface area contributed by atoms with Crippen molar-refractivity contribution < 1.29 is 9.59 Å². The van der Waals surface area contributed by atoms with E-state index in [4.69, 9.17) is 0 Å². The van der Waals surface area contributed by atoms with Gasteiger partial charge in [0.05, 0.1) is 11.4 Å². The fourth-order valence-electron chi connectivity index (χ4n) is 3.71. The maximum Gasteiger partial charge on any atom is 0.322 e. The summed E-state index contributed by atoms with van der Waals surface area (Å²) in [7, 11) is 0. The second-order valence-corrected chi connectivity index (χ2v) is 7.13. The minimum absolute atomic E-state index is 0.0599. The van der Waals surface area contributed by atoms with Gasteiger partial charge in [0, 0.05) is 25.6 Å². The highest BCUT2D eigenvalue weighted by Gasteiger charge is 2.27. The zero-order valence-corrected chi connectivity index (χ0v) is 14.6. The van der Waals surface area contributed by atoms with E-state index in [9.17, 15) is 9.59 Å². The predicted molar refractivity (Wildman–Crippen MR) is 96.2 cm³/mol. The van der Waals surface area contributed by atoms with Crippen molar-refractivity contribution in [2.75, 3.05) is 23.3 Å². The van der Waals surface area contributed by atoms with Crippen molar-refractivity contribution in [2.24, 2.45) is 5.92 Å². The highest BCUT2D eigenvalue weighted by molar-refractivity contribution is 6.01. The van der Waals surface area contributed by atoms with E-state index < -0.39 is 0 Å². The van der Waals surface area contributed by atoms with E-state index in [1.807, 2.05) is 29.2 Å². The molecule has 0 radical (unpaired) electrons. The smallest absolute Gasteiger partial charge is 0.322 e. The third-order valence-corrected chi connectivity index (χ3v) is 5.13. The third kappa shape index (κ3) is 3.55. The van der Waals surface area contributed by atoms with Gasteiger partial charge in [-0.25, -0.2) is 4.79 Å². The summed E-state index contributed by atoms with van der Waals surface area (Å²) in [6, 6.07) is 7.78. The van der Waals surface area contributed by atoms with Gasteiger partial charge in [-0.2, -0.15) is 0 Å². The number of para-hydroxylation sites is 2. The first kappa shape index (κ1) is 16.8. The summed E-state index contributed by atoms with van der Waals surface area (Å²) in [4.78, 5) is 28.6. The summed E-state index contributed by atoms with van der Waals surface area (Å²) in [5.74, 6) is 0.657. The molecule has 2 aliphatic rings. The monoisotopic (exact) mass is 329 g/mol. The molecular weight excluding hydrogens is 302 g/mol. The van der Waals surface area contributed by atoms with Crippen LogP contribution in [-0.2, 0) is 4.79 Å². The molecule has 130 valence electrons. The molecule has 2 fully saturated rings. The van der Waals surface area contributed by atoms with Crippen molar-refractivity contribution in [3.63, 3.8) is 0 Å². The number of benzene rings is 1. The molecule has 0 unspecified atom stereocenters. The molecule has 2 saturated heterocycles. The van der Waals surface area contributed by atoms with Crippen LogP contribution in [0.3, 0.4) is 0 Å². The van der Waals surface area contributed by atoms with Gasteiger partial charge in [0.2, 0.25) is 5.91 Å². The van der Waals surface area contributed by atoms with Gasteiger partial charge in [0.1, 0.15) is 0 Å². The molecule has 2 heterocycles. The lowest BCUT2D eigenvalue weighted by molar-refractivity contribution is -0.117. The average molecular weight is 329 g/mol. The van der Waals surface area contributed by atoms with E-state index >= 15 is 0 Å². The maximum absolute atomic E-state index is 12.8. The fourth-order valence-corrected chi connectivity index (χ4v) is 3.71. The van der Waals surface area contributed by atoms with E-state index in [1.54, 1.807) is 4.90 Å². The van der Waals surface area contributed by atoms with Crippen molar-refractivity contribution >= 4 is 23.3 Å². The van der Waals surface area contributed by atoms with Crippen LogP contribution in [0.5, 0.6) is 0 Å². The van der Waals surface area contributed by atoms with Crippen LogP contribution in [0, 0.1) is 5.92 Å². The van der Waals surface area contributed by atoms with Crippen LogP contribution in [0.4, 0.5) is 16.2 Å². The molecule has 2 aliphatic heterocycles. The van der Waals surface area contributed by atoms with Gasteiger partial charge in [-0.1, -0.05) is 25.5 Å². The SMILES string of the molecule is C[C@@H]1CCC[C@@H](C)N(C(=O)Nc2ccccc2N2CCCC2=O)C1. The van der Waals surface area contributed by atoms with Crippen molar-refractivity contribution in [2.45, 2.75) is 52.0 Å². The normalized spacial score (nSPS) is 24.8. The van der Waals surface area contributed by atoms with Crippen LogP contribution >= 0.6 is 0 Å². The number of likely N-dealkylation sites (tertiary alicyclic amines) is 1. The van der Waals surface area contributed by atoms with Gasteiger partial charge in [-0.15, -0.1) is 0 Å². The Bertz CT molecular complexity index is 616. The van der Waals surface area contributed by atoms with Gasteiger partial charge in [-0.05, 0) is 44.2 Å². The quantitative estimate of drug-likeness (QED) is 0.896. The summed E-state index contributed by atoms with van der Waals surface area (Å²) >= 11 is 0. The summed E-state index contributed by atoms with van der Waals surface area (Å²) in [6.45, 7) is 5.84. The number of hydrogen-bond acceptors (Lipinski definition) is 2. The molecule has 0 bridgehead atoms. The Morgan fingerprint density at radius 2 is 1.96 bits per heavy atom. The number of urea groups is 1. The van der Waals surface area contributed by atoms with Crippen LogP contribution in [0.1, 0.15) is 46.0 Å². The van der Waals surface area contributed by atoms with Gasteiger partial charge < -0.3 is 15.1 Å². The van der Waals surface area contributed by atoms with E-state index in [-0.39, 0.29) is 18.0 Å². The Hall–Kier alpha value is -2.04. The molecule has 0 aromatic heterocycles. The minimum atomic E-state index is -0.0599. The highest BCUT2D eigenvalue weighted by Crippen LogP contribution is 2.30. The van der Waals surface area contributed by atoms with Crippen LogP contribution < -0.4 is 10.2 Å². The molecule has 3 amide bonds. The molecule has 3 rings (SSSR count). The molecular formula is C19H27N3O2. The molecule has 1 aromatic rings. The first-order valence-corrected chi connectivity index (χ1v) is 9.03. The Balaban J connectivity index is 1.78. The number of nitrogens with one attached hydrogen (secondary N) is 1. The average Bonchev–Trinajstić information content (AvgIpc) is 2.90. The number of carbonyl (C=O) groups excluding carboxylic acids is 2. The highest BCUT2D eigenvalue weighted by atomic mass is 16.2. The molecule has 5 nitrogen and oxygen atoms in total. The lowest BCUT2D eigenvalue weighted by Gasteiger charge is -2.29. The Morgan fingerprint density at radius 1 is 1.17 bits per heavy atom. The largest absolute Gasteiger partial charge is 0.322 e. The maximum atomic E-state index is 12.8. The third-order valence-electron chi connectivity index (χ3n) is 5.13. The van der Waals surface area contributed by atoms with Crippen molar-refractivity contribution in [1.82, 2.24) is 4.90 Å². The lowest BCUT2D eigenvalue weighted by Crippen LogP contribution is -2.42. The van der Waals surface area contributed by atoms with Gasteiger partial charge in [-0.3, -0.25) is 4.79 Å². The van der Waals surface area contributed by atoms with E-state index in [1.165, 1.54) is 12.8 Å². The first-order valence-electron chi connectivity index (χ1n) is 9.03. The number of amides is 3. The second-order valence-electron chi connectivity index (χ2n) is 7.13. The zero-order chi connectivity index (χ0) is 17.1. The summed E-state index contributed by atoms with van der Waals surface area (Å²) in [5.41, 5.74) is 1.53. The number of hydrogen-bond donors (Lipinski definition) is 1. The molecule has 24 heavy (non-hydrogen) atoms. The first-order chi connectivity index (χ1) is 11.6. The van der Waals surface area contributed by atoms with Crippen molar-refractivity contribution in [1.29, 1.82) is 0 Å². The Kier molecular flexibility index (Phi) is 5.07. The van der Waals surface area contributed by atoms with Crippen molar-refractivity contribution in [3.8, 4) is 0 Å². The lowest BCUT2D eigenvalue weighted by atomic mass is 10.1. The Labute approximate surface area is 144 Å². The molecule has 2 atom stereocenters. The van der Waals surface area contributed by atoms with E-state index in [0.29, 0.717) is 12.3 Å². The molecule has 0 aliphatic carbocycles. The zero-order valence-electron chi connectivity index (χ0n) is 14.6. The van der Waals surface area contributed by atoms with Crippen LogP contribution in [0.2, 0.25) is 0 Å². The van der Waals surface area contributed by atoms with Crippen LogP contribution in [0.25, 0.3) is 0 Å². The topological polar surface area (TPSA) is 52.7 Å². The minimum Gasteiger partial charge on any atom is -0.322 e. The van der Waals surface area contributed by atoms with E-state index in [2.05, 4.69) is 19.2 Å². The second kappa shape index (κ2) is 7.24. The molecule has 5 heteroatoms. The van der Waals surface area contributed by atoms with Crippen LogP contribution in [-0.4, -0.2) is 36.0 Å². The van der Waals surface area contributed by atoms with Gasteiger partial charge >= 0.3 is 6.03 Å². The number of anilines is 2. The van der Waals surface area contributed by atoms with Crippen LogP contribution in [0.15, 0.2) is 24.3 Å². The number of rotatable bonds is 2. The molecule has 1 N–H and O–H groups in total. The number of carbonyl (C=O) groups is 2. The standard InChI is InChI=1S/C19H27N3O2/c1-14-7-5-8-15(2)22(13-14)19(24)20-16-9-3-4-10-17(16)21-12-6-11-18(21)23/h3-4,9-10,14-15H,5-8,11-13H2,1-2H3,(H,20,24)/t14-,15-/m1/s1. The fraction of sp³-hybridized carbons (Fsp3) is 0.579.